The van der Waals surface area contributed by atoms with E-state index in [0.717, 1.165) is 6.54 Å². The maximum atomic E-state index is 9.70. The van der Waals surface area contributed by atoms with Crippen molar-refractivity contribution < 1.29 is 37.0 Å². The highest BCUT2D eigenvalue weighted by Gasteiger charge is 2.13. The zero-order valence-corrected chi connectivity index (χ0v) is 12.3. The highest BCUT2D eigenvalue weighted by atomic mass is 35.5. The van der Waals surface area contributed by atoms with Gasteiger partial charge in [0, 0.05) is 0 Å². The Morgan fingerprint density at radius 1 is 1.21 bits per heavy atom. The standard InChI is InChI=1S/C13H21NO4.ClH/c1-4-14-8-10(15)9-18-12-7-5-6-11(16-2)13(12)17-3;/h5-7,10,14-15H,4,8-9H2,1-3H3;1H. The first-order chi connectivity index (χ1) is 8.72. The minimum absolute atomic E-state index is 0. The van der Waals surface area contributed by atoms with E-state index in [0.29, 0.717) is 23.8 Å². The van der Waals surface area contributed by atoms with Gasteiger partial charge in [-0.15, -0.1) is 0 Å². The summed E-state index contributed by atoms with van der Waals surface area (Å²) in [7, 11) is 3.14. The Kier molecular flexibility index (Phi) is 9.12. The zero-order valence-electron chi connectivity index (χ0n) is 11.6. The lowest BCUT2D eigenvalue weighted by Crippen LogP contribution is -3.00. The molecule has 6 heteroatoms. The van der Waals surface area contributed by atoms with Gasteiger partial charge in [-0.3, -0.25) is 0 Å². The summed E-state index contributed by atoms with van der Waals surface area (Å²) in [6.07, 6.45) is -0.499. The van der Waals surface area contributed by atoms with Crippen molar-refractivity contribution in [3.63, 3.8) is 0 Å². The van der Waals surface area contributed by atoms with E-state index in [-0.39, 0.29) is 19.0 Å². The molecule has 0 spiro atoms. The van der Waals surface area contributed by atoms with Crippen LogP contribution in [0.25, 0.3) is 0 Å². The molecule has 0 aliphatic heterocycles. The molecule has 19 heavy (non-hydrogen) atoms. The number of para-hydroxylation sites is 1. The maximum absolute atomic E-state index is 9.70. The fourth-order valence-electron chi connectivity index (χ4n) is 1.58. The largest absolute Gasteiger partial charge is 1.00 e. The minimum Gasteiger partial charge on any atom is -1.00 e. The lowest BCUT2D eigenvalue weighted by molar-refractivity contribution is -0.658. The predicted octanol–water partition coefficient (Wildman–Crippen LogP) is -2.97. The smallest absolute Gasteiger partial charge is 0.203 e. The van der Waals surface area contributed by atoms with Gasteiger partial charge >= 0.3 is 0 Å². The van der Waals surface area contributed by atoms with E-state index < -0.39 is 6.10 Å². The van der Waals surface area contributed by atoms with Gasteiger partial charge < -0.3 is 37.0 Å². The topological polar surface area (TPSA) is 64.5 Å². The normalized spacial score (nSPS) is 11.4. The second-order valence-corrected chi connectivity index (χ2v) is 3.89. The molecule has 0 heterocycles. The minimum atomic E-state index is -0.499. The summed E-state index contributed by atoms with van der Waals surface area (Å²) < 4.78 is 16.0. The summed E-state index contributed by atoms with van der Waals surface area (Å²) in [6.45, 7) is 3.85. The number of halogens is 1. The van der Waals surface area contributed by atoms with E-state index in [2.05, 4.69) is 0 Å². The number of hydrogen-bond acceptors (Lipinski definition) is 4. The van der Waals surface area contributed by atoms with Crippen LogP contribution in [-0.2, 0) is 0 Å². The van der Waals surface area contributed by atoms with E-state index >= 15 is 0 Å². The fraction of sp³-hybridized carbons (Fsp3) is 0.538. The van der Waals surface area contributed by atoms with Crippen LogP contribution in [0.3, 0.4) is 0 Å². The highest BCUT2D eigenvalue weighted by Crippen LogP contribution is 2.36. The fourth-order valence-corrected chi connectivity index (χ4v) is 1.58. The third kappa shape index (κ3) is 5.55. The van der Waals surface area contributed by atoms with Crippen molar-refractivity contribution in [2.24, 2.45) is 0 Å². The third-order valence-electron chi connectivity index (χ3n) is 2.53. The highest BCUT2D eigenvalue weighted by molar-refractivity contribution is 5.50. The van der Waals surface area contributed by atoms with Crippen LogP contribution in [0.2, 0.25) is 0 Å². The first kappa shape index (κ1) is 17.8. The molecule has 0 saturated carbocycles. The lowest BCUT2D eigenvalue weighted by atomic mass is 10.3. The van der Waals surface area contributed by atoms with E-state index in [1.165, 1.54) is 0 Å². The molecule has 0 radical (unpaired) electrons. The molecule has 0 aliphatic carbocycles. The predicted molar refractivity (Wildman–Crippen MR) is 68.4 cm³/mol. The molecule has 0 aromatic heterocycles. The van der Waals surface area contributed by atoms with Gasteiger partial charge in [0.15, 0.2) is 11.5 Å². The van der Waals surface area contributed by atoms with Crippen molar-refractivity contribution in [3.05, 3.63) is 18.2 Å². The number of ether oxygens (including phenoxy) is 3. The number of methoxy groups -OCH3 is 2. The number of nitrogens with two attached hydrogens (primary N) is 1. The Hall–Kier alpha value is -1.17. The third-order valence-corrected chi connectivity index (χ3v) is 2.53. The Labute approximate surface area is 120 Å². The molecule has 3 N–H and O–H groups in total. The molecule has 0 amide bonds. The van der Waals surface area contributed by atoms with Crippen molar-refractivity contribution in [3.8, 4) is 17.2 Å². The molecule has 110 valence electrons. The van der Waals surface area contributed by atoms with E-state index in [1.54, 1.807) is 26.4 Å². The Morgan fingerprint density at radius 3 is 2.47 bits per heavy atom. The second-order valence-electron chi connectivity index (χ2n) is 3.89. The Morgan fingerprint density at radius 2 is 1.89 bits per heavy atom. The van der Waals surface area contributed by atoms with Crippen LogP contribution >= 0.6 is 0 Å². The maximum Gasteiger partial charge on any atom is 0.203 e. The van der Waals surface area contributed by atoms with Crippen molar-refractivity contribution in [2.75, 3.05) is 33.9 Å². The van der Waals surface area contributed by atoms with E-state index in [1.807, 2.05) is 18.3 Å². The molecular weight excluding hydrogens is 270 g/mol. The summed E-state index contributed by atoms with van der Waals surface area (Å²) in [6, 6.07) is 5.41. The SMILES string of the molecule is CC[NH2+]CC(O)COc1cccc(OC)c1OC.[Cl-]. The van der Waals surface area contributed by atoms with Gasteiger partial charge in [-0.2, -0.15) is 0 Å². The number of aliphatic hydroxyl groups excluding tert-OH is 1. The van der Waals surface area contributed by atoms with Gasteiger partial charge in [-0.1, -0.05) is 6.07 Å². The summed E-state index contributed by atoms with van der Waals surface area (Å²) in [5, 5.41) is 11.7. The molecule has 0 saturated heterocycles. The molecule has 0 fully saturated rings. The second kappa shape index (κ2) is 9.72. The van der Waals surface area contributed by atoms with Crippen molar-refractivity contribution in [1.82, 2.24) is 0 Å². The lowest BCUT2D eigenvalue weighted by Gasteiger charge is -2.15. The summed E-state index contributed by atoms with van der Waals surface area (Å²) in [5.41, 5.74) is 0. The van der Waals surface area contributed by atoms with Crippen LogP contribution < -0.4 is 31.9 Å². The number of rotatable bonds is 8. The van der Waals surface area contributed by atoms with E-state index in [4.69, 9.17) is 14.2 Å². The molecule has 0 aliphatic rings. The molecule has 1 aromatic rings. The number of hydrogen-bond donors (Lipinski definition) is 2. The van der Waals surface area contributed by atoms with Crippen LogP contribution in [-0.4, -0.2) is 45.1 Å². The van der Waals surface area contributed by atoms with Gasteiger partial charge in [0.1, 0.15) is 19.3 Å². The molecule has 1 atom stereocenters. The molecule has 1 aromatic carbocycles. The van der Waals surface area contributed by atoms with Crippen LogP contribution in [0.5, 0.6) is 17.2 Å². The van der Waals surface area contributed by atoms with Crippen LogP contribution in [0.4, 0.5) is 0 Å². The average molecular weight is 292 g/mol. The molecular formula is C13H22ClNO4. The summed E-state index contributed by atoms with van der Waals surface area (Å²) >= 11 is 0. The Bertz CT molecular complexity index is 362. The number of likely N-dealkylation sites (N-methyl/N-ethyl adjacent to an activating group) is 1. The van der Waals surface area contributed by atoms with Crippen LogP contribution in [0.1, 0.15) is 6.92 Å². The van der Waals surface area contributed by atoms with Gasteiger partial charge in [-0.05, 0) is 19.1 Å². The number of quaternary nitrogens is 1. The molecule has 0 bridgehead atoms. The zero-order chi connectivity index (χ0) is 13.4. The van der Waals surface area contributed by atoms with Gasteiger partial charge in [0.2, 0.25) is 5.75 Å². The molecule has 5 nitrogen and oxygen atoms in total. The molecule has 1 rings (SSSR count). The first-order valence-electron chi connectivity index (χ1n) is 6.06. The average Bonchev–Trinajstić information content (AvgIpc) is 2.41. The van der Waals surface area contributed by atoms with Crippen molar-refractivity contribution in [1.29, 1.82) is 0 Å². The summed E-state index contributed by atoms with van der Waals surface area (Å²) in [4.78, 5) is 0. The number of benzene rings is 1. The molecule has 1 unspecified atom stereocenters. The summed E-state index contributed by atoms with van der Waals surface area (Å²) in [5.74, 6) is 1.74. The Balaban J connectivity index is 0.00000324. The van der Waals surface area contributed by atoms with Gasteiger partial charge in [0.25, 0.3) is 0 Å². The quantitative estimate of drug-likeness (QED) is 0.537. The monoisotopic (exact) mass is 291 g/mol. The van der Waals surface area contributed by atoms with Crippen molar-refractivity contribution in [2.45, 2.75) is 13.0 Å². The van der Waals surface area contributed by atoms with Crippen molar-refractivity contribution >= 4 is 0 Å². The van der Waals surface area contributed by atoms with E-state index in [9.17, 15) is 5.11 Å². The van der Waals surface area contributed by atoms with Gasteiger partial charge in [0.05, 0.1) is 20.8 Å². The van der Waals surface area contributed by atoms with Gasteiger partial charge in [-0.25, -0.2) is 0 Å². The first-order valence-corrected chi connectivity index (χ1v) is 6.06. The van der Waals surface area contributed by atoms with Crippen LogP contribution in [0, 0.1) is 0 Å². The number of aliphatic hydroxyl groups is 1. The van der Waals surface area contributed by atoms with Crippen LogP contribution in [0.15, 0.2) is 18.2 Å².